The number of carbonyl (C=O) groups is 2. The van der Waals surface area contributed by atoms with Gasteiger partial charge in [-0.2, -0.15) is 0 Å². The Kier molecular flexibility index (Phi) is 5.09. The molecule has 2 aromatic carbocycles. The van der Waals surface area contributed by atoms with Crippen LogP contribution in [-0.2, 0) is 16.1 Å². The second kappa shape index (κ2) is 7.44. The standard InChI is InChI=1S/C19H18N2O3S/c1-13(24-19(23)14-8-4-3-5-9-14)18(22)21(2)12-17-20-15-10-6-7-11-16(15)25-17/h3-11,13H,12H2,1-2H3/t13-/m1/s1. The van der Waals surface area contributed by atoms with Crippen LogP contribution >= 0.6 is 11.3 Å². The molecule has 1 amide bonds. The summed E-state index contributed by atoms with van der Waals surface area (Å²) in [5.41, 5.74) is 1.35. The monoisotopic (exact) mass is 354 g/mol. The van der Waals surface area contributed by atoms with Crippen molar-refractivity contribution in [3.8, 4) is 0 Å². The van der Waals surface area contributed by atoms with Gasteiger partial charge in [-0.15, -0.1) is 11.3 Å². The number of likely N-dealkylation sites (N-methyl/N-ethyl adjacent to an activating group) is 1. The van der Waals surface area contributed by atoms with Crippen molar-refractivity contribution >= 4 is 33.4 Å². The number of fused-ring (bicyclic) bond motifs is 1. The van der Waals surface area contributed by atoms with E-state index in [1.165, 1.54) is 4.90 Å². The van der Waals surface area contributed by atoms with Crippen LogP contribution in [0.5, 0.6) is 0 Å². The highest BCUT2D eigenvalue weighted by atomic mass is 32.1. The van der Waals surface area contributed by atoms with Crippen molar-refractivity contribution in [2.45, 2.75) is 19.6 Å². The van der Waals surface area contributed by atoms with E-state index < -0.39 is 12.1 Å². The molecule has 25 heavy (non-hydrogen) atoms. The number of rotatable bonds is 5. The van der Waals surface area contributed by atoms with Gasteiger partial charge in [0.15, 0.2) is 6.10 Å². The Labute approximate surface area is 149 Å². The zero-order chi connectivity index (χ0) is 17.8. The van der Waals surface area contributed by atoms with E-state index in [-0.39, 0.29) is 5.91 Å². The van der Waals surface area contributed by atoms with E-state index in [0.29, 0.717) is 12.1 Å². The fourth-order valence-electron chi connectivity index (χ4n) is 2.43. The van der Waals surface area contributed by atoms with Gasteiger partial charge in [0.2, 0.25) is 0 Å². The summed E-state index contributed by atoms with van der Waals surface area (Å²) in [5.74, 6) is -0.765. The van der Waals surface area contributed by atoms with Crippen LogP contribution in [0.3, 0.4) is 0 Å². The normalized spacial score (nSPS) is 11.9. The first-order valence-electron chi connectivity index (χ1n) is 7.90. The van der Waals surface area contributed by atoms with Gasteiger partial charge in [-0.3, -0.25) is 4.79 Å². The number of para-hydroxylation sites is 1. The van der Waals surface area contributed by atoms with Crippen molar-refractivity contribution < 1.29 is 14.3 Å². The fraction of sp³-hybridized carbons (Fsp3) is 0.211. The SMILES string of the molecule is C[C@@H](OC(=O)c1ccccc1)C(=O)N(C)Cc1nc2ccccc2s1. The molecule has 3 aromatic rings. The number of esters is 1. The molecule has 0 radical (unpaired) electrons. The maximum absolute atomic E-state index is 12.5. The van der Waals surface area contributed by atoms with Crippen LogP contribution in [0, 0.1) is 0 Å². The molecule has 0 bridgehead atoms. The summed E-state index contributed by atoms with van der Waals surface area (Å²) in [5, 5.41) is 0.846. The zero-order valence-corrected chi connectivity index (χ0v) is 14.8. The Morgan fingerprint density at radius 2 is 1.80 bits per heavy atom. The Morgan fingerprint density at radius 3 is 2.52 bits per heavy atom. The summed E-state index contributed by atoms with van der Waals surface area (Å²) in [6.07, 6.45) is -0.855. The van der Waals surface area contributed by atoms with Crippen LogP contribution in [0.15, 0.2) is 54.6 Å². The van der Waals surface area contributed by atoms with E-state index in [0.717, 1.165) is 15.2 Å². The number of ether oxygens (including phenoxy) is 1. The summed E-state index contributed by atoms with van der Waals surface area (Å²) in [6.45, 7) is 1.96. The van der Waals surface area contributed by atoms with Crippen molar-refractivity contribution in [3.63, 3.8) is 0 Å². The zero-order valence-electron chi connectivity index (χ0n) is 14.0. The predicted octanol–water partition coefficient (Wildman–Crippen LogP) is 3.50. The number of hydrogen-bond donors (Lipinski definition) is 0. The number of benzene rings is 2. The smallest absolute Gasteiger partial charge is 0.338 e. The summed E-state index contributed by atoms with van der Waals surface area (Å²) < 4.78 is 6.35. The molecule has 1 heterocycles. The van der Waals surface area contributed by atoms with Gasteiger partial charge >= 0.3 is 5.97 Å². The van der Waals surface area contributed by atoms with Crippen LogP contribution in [0.4, 0.5) is 0 Å². The van der Waals surface area contributed by atoms with Crippen molar-refractivity contribution in [2.75, 3.05) is 7.05 Å². The van der Waals surface area contributed by atoms with E-state index in [1.54, 1.807) is 49.6 Å². The molecule has 0 saturated heterocycles. The first kappa shape index (κ1) is 17.1. The molecule has 128 valence electrons. The molecule has 1 atom stereocenters. The Morgan fingerprint density at radius 1 is 1.12 bits per heavy atom. The van der Waals surface area contributed by atoms with Gasteiger partial charge in [0.05, 0.1) is 22.3 Å². The summed E-state index contributed by atoms with van der Waals surface area (Å²) in [7, 11) is 1.68. The lowest BCUT2D eigenvalue weighted by molar-refractivity contribution is -0.139. The molecule has 0 saturated carbocycles. The highest BCUT2D eigenvalue weighted by Gasteiger charge is 2.23. The molecule has 0 aliphatic carbocycles. The molecule has 5 nitrogen and oxygen atoms in total. The third kappa shape index (κ3) is 4.03. The van der Waals surface area contributed by atoms with Crippen LogP contribution < -0.4 is 0 Å². The van der Waals surface area contributed by atoms with Crippen molar-refractivity contribution in [1.29, 1.82) is 0 Å². The number of hydrogen-bond acceptors (Lipinski definition) is 5. The number of amides is 1. The third-order valence-electron chi connectivity index (χ3n) is 3.73. The van der Waals surface area contributed by atoms with Crippen molar-refractivity contribution in [1.82, 2.24) is 9.88 Å². The molecule has 0 aliphatic rings. The summed E-state index contributed by atoms with van der Waals surface area (Å²) in [6, 6.07) is 16.5. The van der Waals surface area contributed by atoms with Gasteiger partial charge in [0, 0.05) is 7.05 Å². The molecule has 0 fully saturated rings. The second-order valence-corrected chi connectivity index (χ2v) is 6.80. The maximum Gasteiger partial charge on any atom is 0.338 e. The van der Waals surface area contributed by atoms with Crippen LogP contribution in [0.25, 0.3) is 10.2 Å². The molecule has 0 spiro atoms. The largest absolute Gasteiger partial charge is 0.449 e. The van der Waals surface area contributed by atoms with E-state index in [4.69, 9.17) is 4.74 Å². The minimum absolute atomic E-state index is 0.261. The number of carbonyl (C=O) groups excluding carboxylic acids is 2. The number of thiazole rings is 1. The van der Waals surface area contributed by atoms with Gasteiger partial charge in [-0.05, 0) is 31.2 Å². The Balaban J connectivity index is 1.62. The van der Waals surface area contributed by atoms with E-state index in [2.05, 4.69) is 4.98 Å². The lowest BCUT2D eigenvalue weighted by Gasteiger charge is -2.20. The first-order chi connectivity index (χ1) is 12.0. The molecule has 6 heteroatoms. The summed E-state index contributed by atoms with van der Waals surface area (Å²) in [4.78, 5) is 30.6. The van der Waals surface area contributed by atoms with Crippen LogP contribution in [0.2, 0.25) is 0 Å². The second-order valence-electron chi connectivity index (χ2n) is 5.68. The molecule has 1 aromatic heterocycles. The summed E-state index contributed by atoms with van der Waals surface area (Å²) >= 11 is 1.55. The van der Waals surface area contributed by atoms with Gasteiger partial charge < -0.3 is 9.64 Å². The van der Waals surface area contributed by atoms with Crippen LogP contribution in [-0.4, -0.2) is 34.9 Å². The Hall–Kier alpha value is -2.73. The minimum Gasteiger partial charge on any atom is -0.449 e. The van der Waals surface area contributed by atoms with Gasteiger partial charge in [-0.25, -0.2) is 9.78 Å². The van der Waals surface area contributed by atoms with Crippen molar-refractivity contribution in [2.24, 2.45) is 0 Å². The molecule has 0 aliphatic heterocycles. The first-order valence-corrected chi connectivity index (χ1v) is 8.71. The lowest BCUT2D eigenvalue weighted by Crippen LogP contribution is -2.37. The maximum atomic E-state index is 12.5. The fourth-order valence-corrected chi connectivity index (χ4v) is 3.45. The highest BCUT2D eigenvalue weighted by Crippen LogP contribution is 2.22. The third-order valence-corrected chi connectivity index (χ3v) is 4.75. The van der Waals surface area contributed by atoms with Gasteiger partial charge in [0.25, 0.3) is 5.91 Å². The Bertz CT molecular complexity index is 859. The van der Waals surface area contributed by atoms with Crippen LogP contribution in [0.1, 0.15) is 22.3 Å². The quantitative estimate of drug-likeness (QED) is 0.658. The minimum atomic E-state index is -0.855. The average Bonchev–Trinajstić information content (AvgIpc) is 3.03. The predicted molar refractivity (Wildman–Crippen MR) is 97.4 cm³/mol. The molecular formula is C19H18N2O3S. The average molecular weight is 354 g/mol. The molecule has 0 N–H and O–H groups in total. The van der Waals surface area contributed by atoms with Gasteiger partial charge in [0.1, 0.15) is 5.01 Å². The molecule has 0 unspecified atom stereocenters. The van der Waals surface area contributed by atoms with E-state index in [9.17, 15) is 9.59 Å². The molecule has 3 rings (SSSR count). The highest BCUT2D eigenvalue weighted by molar-refractivity contribution is 7.18. The molecular weight excluding hydrogens is 336 g/mol. The number of aromatic nitrogens is 1. The topological polar surface area (TPSA) is 59.5 Å². The van der Waals surface area contributed by atoms with E-state index >= 15 is 0 Å². The van der Waals surface area contributed by atoms with E-state index in [1.807, 2.05) is 30.3 Å². The van der Waals surface area contributed by atoms with Crippen molar-refractivity contribution in [3.05, 3.63) is 65.2 Å². The lowest BCUT2D eigenvalue weighted by atomic mass is 10.2. The number of nitrogens with zero attached hydrogens (tertiary/aromatic N) is 2. The van der Waals surface area contributed by atoms with Gasteiger partial charge in [-0.1, -0.05) is 30.3 Å².